The summed E-state index contributed by atoms with van der Waals surface area (Å²) < 4.78 is 6.12. The van der Waals surface area contributed by atoms with E-state index in [1.807, 2.05) is 13.8 Å². The van der Waals surface area contributed by atoms with Crippen molar-refractivity contribution in [2.45, 2.75) is 31.9 Å². The summed E-state index contributed by atoms with van der Waals surface area (Å²) in [5.74, 6) is -1.36. The number of hydrogen-bond acceptors (Lipinski definition) is 3. The van der Waals surface area contributed by atoms with E-state index < -0.39 is 5.97 Å². The number of carbonyl (C=O) groups is 2. The van der Waals surface area contributed by atoms with Gasteiger partial charge in [-0.3, -0.25) is 4.79 Å². The van der Waals surface area contributed by atoms with E-state index in [0.29, 0.717) is 16.6 Å². The van der Waals surface area contributed by atoms with E-state index in [9.17, 15) is 9.59 Å². The van der Waals surface area contributed by atoms with Gasteiger partial charge in [-0.05, 0) is 38.5 Å². The zero-order chi connectivity index (χ0) is 14.9. The smallest absolute Gasteiger partial charge is 0.335 e. The Hall–Kier alpha value is -1.40. The summed E-state index contributed by atoms with van der Waals surface area (Å²) in [6.45, 7) is 4.42. The van der Waals surface area contributed by atoms with Gasteiger partial charge >= 0.3 is 5.97 Å². The SMILES string of the molecule is CC1(C)CC(NC(=O)c2cc(Br)cc(C(=O)O)c2)CO1. The molecule has 0 aliphatic carbocycles. The van der Waals surface area contributed by atoms with Crippen LogP contribution in [-0.4, -0.2) is 35.2 Å². The number of carbonyl (C=O) groups excluding carboxylic acids is 1. The normalized spacial score (nSPS) is 20.6. The number of hydrogen-bond donors (Lipinski definition) is 2. The minimum Gasteiger partial charge on any atom is -0.478 e. The summed E-state index contributed by atoms with van der Waals surface area (Å²) in [5, 5.41) is 11.9. The van der Waals surface area contributed by atoms with Crippen LogP contribution in [0.4, 0.5) is 0 Å². The van der Waals surface area contributed by atoms with E-state index in [-0.39, 0.29) is 23.1 Å². The third kappa shape index (κ3) is 3.58. The van der Waals surface area contributed by atoms with Crippen LogP contribution >= 0.6 is 15.9 Å². The van der Waals surface area contributed by atoms with Crippen LogP contribution in [-0.2, 0) is 4.74 Å². The van der Waals surface area contributed by atoms with Crippen LogP contribution in [0.25, 0.3) is 0 Å². The summed E-state index contributed by atoms with van der Waals surface area (Å²) in [5.41, 5.74) is 0.163. The molecule has 1 amide bonds. The van der Waals surface area contributed by atoms with Gasteiger partial charge in [0.05, 0.1) is 23.8 Å². The van der Waals surface area contributed by atoms with Crippen molar-refractivity contribution in [2.24, 2.45) is 0 Å². The molecule has 0 bridgehead atoms. The minimum atomic E-state index is -1.06. The lowest BCUT2D eigenvalue weighted by Gasteiger charge is -2.16. The highest BCUT2D eigenvalue weighted by Crippen LogP contribution is 2.25. The molecule has 108 valence electrons. The molecule has 1 saturated heterocycles. The molecule has 6 heteroatoms. The minimum absolute atomic E-state index is 0.0511. The zero-order valence-electron chi connectivity index (χ0n) is 11.3. The second kappa shape index (κ2) is 5.54. The van der Waals surface area contributed by atoms with Crippen molar-refractivity contribution in [1.29, 1.82) is 0 Å². The van der Waals surface area contributed by atoms with Crippen LogP contribution in [0.2, 0.25) is 0 Å². The largest absolute Gasteiger partial charge is 0.478 e. The Morgan fingerprint density at radius 3 is 2.55 bits per heavy atom. The maximum atomic E-state index is 12.2. The molecule has 1 aliphatic heterocycles. The average Bonchev–Trinajstić information content (AvgIpc) is 2.67. The molecule has 0 radical (unpaired) electrons. The predicted octanol–water partition coefficient (Wildman–Crippen LogP) is 2.44. The van der Waals surface area contributed by atoms with Crippen LogP contribution in [0.5, 0.6) is 0 Å². The Bertz CT molecular complexity index is 556. The summed E-state index contributed by atoms with van der Waals surface area (Å²) >= 11 is 3.21. The van der Waals surface area contributed by atoms with Gasteiger partial charge in [0.2, 0.25) is 0 Å². The quantitative estimate of drug-likeness (QED) is 0.885. The van der Waals surface area contributed by atoms with Gasteiger partial charge in [-0.2, -0.15) is 0 Å². The van der Waals surface area contributed by atoms with Crippen LogP contribution in [0, 0.1) is 0 Å². The van der Waals surface area contributed by atoms with Crippen molar-refractivity contribution in [1.82, 2.24) is 5.32 Å². The Morgan fingerprint density at radius 2 is 2.00 bits per heavy atom. The number of ether oxygens (including phenoxy) is 1. The molecule has 2 rings (SSSR count). The summed E-state index contributed by atoms with van der Waals surface area (Å²) in [7, 11) is 0. The molecule has 0 spiro atoms. The maximum Gasteiger partial charge on any atom is 0.335 e. The van der Waals surface area contributed by atoms with Gasteiger partial charge in [0.1, 0.15) is 0 Å². The lowest BCUT2D eigenvalue weighted by molar-refractivity contribution is 0.0355. The Labute approximate surface area is 125 Å². The lowest BCUT2D eigenvalue weighted by Crippen LogP contribution is -2.35. The van der Waals surface area contributed by atoms with Gasteiger partial charge in [-0.15, -0.1) is 0 Å². The number of carboxylic acids is 1. The first-order chi connectivity index (χ1) is 9.27. The van der Waals surface area contributed by atoms with Crippen molar-refractivity contribution in [2.75, 3.05) is 6.61 Å². The van der Waals surface area contributed by atoms with Gasteiger partial charge in [-0.25, -0.2) is 4.79 Å². The predicted molar refractivity (Wildman–Crippen MR) is 77.0 cm³/mol. The monoisotopic (exact) mass is 341 g/mol. The number of benzene rings is 1. The molecule has 1 heterocycles. The van der Waals surface area contributed by atoms with Crippen LogP contribution in [0.3, 0.4) is 0 Å². The van der Waals surface area contributed by atoms with Gasteiger partial charge in [0.25, 0.3) is 5.91 Å². The highest BCUT2D eigenvalue weighted by Gasteiger charge is 2.32. The van der Waals surface area contributed by atoms with E-state index >= 15 is 0 Å². The lowest BCUT2D eigenvalue weighted by atomic mass is 10.0. The van der Waals surface area contributed by atoms with Gasteiger partial charge in [0, 0.05) is 10.0 Å². The topological polar surface area (TPSA) is 75.6 Å². The third-order valence-electron chi connectivity index (χ3n) is 3.16. The van der Waals surface area contributed by atoms with Gasteiger partial charge in [0.15, 0.2) is 0 Å². The zero-order valence-corrected chi connectivity index (χ0v) is 12.9. The highest BCUT2D eigenvalue weighted by molar-refractivity contribution is 9.10. The maximum absolute atomic E-state index is 12.2. The second-order valence-electron chi connectivity index (χ2n) is 5.48. The van der Waals surface area contributed by atoms with Crippen LogP contribution in [0.1, 0.15) is 41.0 Å². The number of carboxylic acid groups (broad SMARTS) is 1. The Kier molecular flexibility index (Phi) is 4.15. The van der Waals surface area contributed by atoms with Crippen LogP contribution < -0.4 is 5.32 Å². The van der Waals surface area contributed by atoms with Crippen molar-refractivity contribution < 1.29 is 19.4 Å². The van der Waals surface area contributed by atoms with E-state index in [0.717, 1.165) is 6.42 Å². The molecule has 2 N–H and O–H groups in total. The fourth-order valence-corrected chi connectivity index (χ4v) is 2.74. The van der Waals surface area contributed by atoms with Crippen molar-refractivity contribution in [3.05, 3.63) is 33.8 Å². The van der Waals surface area contributed by atoms with E-state index in [1.54, 1.807) is 6.07 Å². The fourth-order valence-electron chi connectivity index (χ4n) is 2.24. The van der Waals surface area contributed by atoms with Crippen molar-refractivity contribution in [3.63, 3.8) is 0 Å². The molecule has 1 unspecified atom stereocenters. The molecule has 1 aromatic carbocycles. The number of nitrogens with one attached hydrogen (secondary N) is 1. The fraction of sp³-hybridized carbons (Fsp3) is 0.429. The highest BCUT2D eigenvalue weighted by atomic mass is 79.9. The summed E-state index contributed by atoms with van der Waals surface area (Å²) in [6.07, 6.45) is 0.735. The molecule has 20 heavy (non-hydrogen) atoms. The molecule has 0 aromatic heterocycles. The van der Waals surface area contributed by atoms with Crippen LogP contribution in [0.15, 0.2) is 22.7 Å². The van der Waals surface area contributed by atoms with E-state index in [1.165, 1.54) is 12.1 Å². The molecular weight excluding hydrogens is 326 g/mol. The molecular formula is C14H16BrNO4. The molecule has 5 nitrogen and oxygen atoms in total. The first-order valence-corrected chi connectivity index (χ1v) is 7.05. The van der Waals surface area contributed by atoms with Gasteiger partial charge < -0.3 is 15.2 Å². The first kappa shape index (κ1) is 15.0. The third-order valence-corrected chi connectivity index (χ3v) is 3.61. The molecule has 1 aromatic rings. The number of rotatable bonds is 3. The molecule has 1 fully saturated rings. The number of aromatic carboxylic acids is 1. The Balaban J connectivity index is 2.12. The molecule has 1 atom stereocenters. The van der Waals surface area contributed by atoms with Crippen molar-refractivity contribution in [3.8, 4) is 0 Å². The van der Waals surface area contributed by atoms with Crippen molar-refractivity contribution >= 4 is 27.8 Å². The van der Waals surface area contributed by atoms with E-state index in [4.69, 9.17) is 9.84 Å². The summed E-state index contributed by atoms with van der Waals surface area (Å²) in [6, 6.07) is 4.37. The standard InChI is InChI=1S/C14H16BrNO4/c1-14(2)6-11(7-20-14)16-12(17)8-3-9(13(18)19)5-10(15)4-8/h3-5,11H,6-7H2,1-2H3,(H,16,17)(H,18,19). The molecule has 0 saturated carbocycles. The second-order valence-corrected chi connectivity index (χ2v) is 6.39. The summed E-state index contributed by atoms with van der Waals surface area (Å²) in [4.78, 5) is 23.1. The number of amides is 1. The first-order valence-electron chi connectivity index (χ1n) is 6.25. The number of halogens is 1. The average molecular weight is 342 g/mol. The van der Waals surface area contributed by atoms with E-state index in [2.05, 4.69) is 21.2 Å². The molecule has 1 aliphatic rings. The Morgan fingerprint density at radius 1 is 1.35 bits per heavy atom. The van der Waals surface area contributed by atoms with Gasteiger partial charge in [-0.1, -0.05) is 15.9 Å².